The minimum absolute atomic E-state index is 0.267. The molecule has 0 aliphatic heterocycles. The number of esters is 1. The van der Waals surface area contributed by atoms with E-state index in [1.165, 1.54) is 0 Å². The Hall–Kier alpha value is -2.75. The fourth-order valence-corrected chi connectivity index (χ4v) is 2.06. The maximum Gasteiger partial charge on any atom is 0.416 e. The summed E-state index contributed by atoms with van der Waals surface area (Å²) in [6, 6.07) is 14.9. The molecule has 126 valence electrons. The van der Waals surface area contributed by atoms with Crippen molar-refractivity contribution in [2.45, 2.75) is 33.7 Å². The van der Waals surface area contributed by atoms with Gasteiger partial charge in [0.05, 0.1) is 6.92 Å². The summed E-state index contributed by atoms with van der Waals surface area (Å²) >= 11 is 0. The van der Waals surface area contributed by atoms with Crippen molar-refractivity contribution in [3.63, 3.8) is 0 Å². The lowest BCUT2D eigenvalue weighted by Crippen LogP contribution is -2.44. The Morgan fingerprint density at radius 1 is 0.917 bits per heavy atom. The summed E-state index contributed by atoms with van der Waals surface area (Å²) in [5, 5.41) is 0. The molecular formula is C20H22O4. The molecule has 0 radical (unpaired) electrons. The minimum Gasteiger partial charge on any atom is -0.420 e. The molecule has 24 heavy (non-hydrogen) atoms. The SMILES string of the molecule is C=C(C)C(=O)OC(C)(Oc1ccccc1C)Oc1ccccc1C. The van der Waals surface area contributed by atoms with Gasteiger partial charge in [-0.05, 0) is 44.0 Å². The van der Waals surface area contributed by atoms with Crippen LogP contribution in [-0.4, -0.2) is 11.9 Å². The van der Waals surface area contributed by atoms with E-state index in [2.05, 4.69) is 6.58 Å². The van der Waals surface area contributed by atoms with Crippen LogP contribution in [-0.2, 0) is 9.53 Å². The van der Waals surface area contributed by atoms with Gasteiger partial charge in [0.15, 0.2) is 0 Å². The normalized spacial score (nSPS) is 10.8. The largest absolute Gasteiger partial charge is 0.420 e. The first-order chi connectivity index (χ1) is 11.3. The quantitative estimate of drug-likeness (QED) is 0.444. The van der Waals surface area contributed by atoms with Crippen LogP contribution in [0.1, 0.15) is 25.0 Å². The van der Waals surface area contributed by atoms with Gasteiger partial charge in [0, 0.05) is 5.57 Å². The Morgan fingerprint density at radius 3 is 1.71 bits per heavy atom. The van der Waals surface area contributed by atoms with E-state index in [1.54, 1.807) is 26.0 Å². The second-order valence-electron chi connectivity index (χ2n) is 5.77. The molecule has 0 unspecified atom stereocenters. The molecule has 0 fully saturated rings. The second-order valence-corrected chi connectivity index (χ2v) is 5.77. The molecule has 0 saturated heterocycles. The number of hydrogen-bond donors (Lipinski definition) is 0. The lowest BCUT2D eigenvalue weighted by Gasteiger charge is -2.31. The standard InChI is InChI=1S/C20H22O4/c1-14(2)19(21)24-20(5,22-17-12-8-6-10-15(17)3)23-18-13-9-7-11-16(18)4/h6-13H,1H2,2-5H3. The molecule has 0 aliphatic rings. The first-order valence-corrected chi connectivity index (χ1v) is 7.69. The van der Waals surface area contributed by atoms with E-state index < -0.39 is 11.9 Å². The summed E-state index contributed by atoms with van der Waals surface area (Å²) < 4.78 is 17.2. The fourth-order valence-electron chi connectivity index (χ4n) is 2.06. The molecule has 0 amide bonds. The van der Waals surface area contributed by atoms with Crippen LogP contribution in [0, 0.1) is 13.8 Å². The van der Waals surface area contributed by atoms with Gasteiger partial charge in [-0.2, -0.15) is 0 Å². The second kappa shape index (κ2) is 7.21. The molecule has 4 nitrogen and oxygen atoms in total. The third kappa shape index (κ3) is 4.38. The van der Waals surface area contributed by atoms with Crippen molar-refractivity contribution >= 4 is 5.97 Å². The van der Waals surface area contributed by atoms with Crippen LogP contribution in [0.2, 0.25) is 0 Å². The average molecular weight is 326 g/mol. The van der Waals surface area contributed by atoms with E-state index >= 15 is 0 Å². The van der Waals surface area contributed by atoms with Crippen LogP contribution in [0.5, 0.6) is 11.5 Å². The van der Waals surface area contributed by atoms with E-state index in [0.29, 0.717) is 11.5 Å². The molecule has 0 N–H and O–H groups in total. The smallest absolute Gasteiger partial charge is 0.416 e. The van der Waals surface area contributed by atoms with E-state index in [-0.39, 0.29) is 5.57 Å². The van der Waals surface area contributed by atoms with Crippen molar-refractivity contribution in [2.75, 3.05) is 0 Å². The molecule has 2 aromatic carbocycles. The van der Waals surface area contributed by atoms with Gasteiger partial charge in [-0.15, -0.1) is 0 Å². The fraction of sp³-hybridized carbons (Fsp3) is 0.250. The van der Waals surface area contributed by atoms with Crippen LogP contribution in [0.3, 0.4) is 0 Å². The van der Waals surface area contributed by atoms with Crippen LogP contribution < -0.4 is 9.47 Å². The molecular weight excluding hydrogens is 304 g/mol. The van der Waals surface area contributed by atoms with Crippen molar-refractivity contribution in [3.05, 3.63) is 71.8 Å². The third-order valence-electron chi connectivity index (χ3n) is 3.40. The highest BCUT2D eigenvalue weighted by molar-refractivity contribution is 5.87. The zero-order chi connectivity index (χ0) is 17.7. The third-order valence-corrected chi connectivity index (χ3v) is 3.40. The molecule has 2 rings (SSSR count). The van der Waals surface area contributed by atoms with Crippen molar-refractivity contribution < 1.29 is 19.0 Å². The van der Waals surface area contributed by atoms with Gasteiger partial charge in [0.2, 0.25) is 0 Å². The molecule has 0 bridgehead atoms. The van der Waals surface area contributed by atoms with E-state index in [4.69, 9.17) is 14.2 Å². The highest BCUT2D eigenvalue weighted by atomic mass is 16.9. The number of rotatable bonds is 6. The van der Waals surface area contributed by atoms with Gasteiger partial charge in [0.25, 0.3) is 0 Å². The van der Waals surface area contributed by atoms with Gasteiger partial charge in [0.1, 0.15) is 11.5 Å². The number of ether oxygens (including phenoxy) is 3. The highest BCUT2D eigenvalue weighted by Crippen LogP contribution is 2.28. The van der Waals surface area contributed by atoms with Crippen LogP contribution in [0.25, 0.3) is 0 Å². The zero-order valence-electron chi connectivity index (χ0n) is 14.5. The van der Waals surface area contributed by atoms with Gasteiger partial charge < -0.3 is 14.2 Å². The predicted octanol–water partition coefficient (Wildman–Crippen LogP) is 4.55. The minimum atomic E-state index is -1.62. The summed E-state index contributed by atoms with van der Waals surface area (Å²) in [7, 11) is 0. The first-order valence-electron chi connectivity index (χ1n) is 7.69. The molecule has 0 aromatic heterocycles. The van der Waals surface area contributed by atoms with Gasteiger partial charge in [-0.3, -0.25) is 0 Å². The summed E-state index contributed by atoms with van der Waals surface area (Å²) in [5.41, 5.74) is 2.08. The molecule has 2 aromatic rings. The van der Waals surface area contributed by atoms with Gasteiger partial charge in [-0.25, -0.2) is 4.79 Å². The molecule has 0 atom stereocenters. The summed E-state index contributed by atoms with van der Waals surface area (Å²) in [4.78, 5) is 12.0. The van der Waals surface area contributed by atoms with Gasteiger partial charge >= 0.3 is 11.9 Å². The number of carbonyl (C=O) groups excluding carboxylic acids is 1. The summed E-state index contributed by atoms with van der Waals surface area (Å²) in [5.74, 6) is -1.06. The molecule has 0 heterocycles. The maximum atomic E-state index is 12.0. The van der Waals surface area contributed by atoms with Crippen molar-refractivity contribution in [3.8, 4) is 11.5 Å². The van der Waals surface area contributed by atoms with Crippen molar-refractivity contribution in [1.29, 1.82) is 0 Å². The monoisotopic (exact) mass is 326 g/mol. The Kier molecular flexibility index (Phi) is 5.29. The molecule has 0 aliphatic carbocycles. The Bertz CT molecular complexity index is 701. The number of hydrogen-bond acceptors (Lipinski definition) is 4. The Morgan fingerprint density at radius 2 is 1.33 bits per heavy atom. The average Bonchev–Trinajstić information content (AvgIpc) is 2.52. The Labute approximate surface area is 142 Å². The van der Waals surface area contributed by atoms with Crippen LogP contribution in [0.15, 0.2) is 60.7 Å². The van der Waals surface area contributed by atoms with E-state index in [0.717, 1.165) is 11.1 Å². The van der Waals surface area contributed by atoms with Crippen LogP contribution >= 0.6 is 0 Å². The highest BCUT2D eigenvalue weighted by Gasteiger charge is 2.35. The number of benzene rings is 2. The predicted molar refractivity (Wildman–Crippen MR) is 92.9 cm³/mol. The molecule has 0 saturated carbocycles. The number of aryl methyl sites for hydroxylation is 2. The van der Waals surface area contributed by atoms with Crippen LogP contribution in [0.4, 0.5) is 0 Å². The number of carbonyl (C=O) groups is 1. The van der Waals surface area contributed by atoms with E-state index in [9.17, 15) is 4.79 Å². The Balaban J connectivity index is 2.33. The zero-order valence-corrected chi connectivity index (χ0v) is 14.5. The molecule has 4 heteroatoms. The maximum absolute atomic E-state index is 12.0. The topological polar surface area (TPSA) is 44.8 Å². The van der Waals surface area contributed by atoms with Crippen molar-refractivity contribution in [2.24, 2.45) is 0 Å². The van der Waals surface area contributed by atoms with Gasteiger partial charge in [-0.1, -0.05) is 43.0 Å². The summed E-state index contributed by atoms with van der Waals surface area (Å²) in [6.45, 7) is 10.6. The lowest BCUT2D eigenvalue weighted by molar-refractivity contribution is -0.272. The summed E-state index contributed by atoms with van der Waals surface area (Å²) in [6.07, 6.45) is 0. The number of para-hydroxylation sites is 2. The first kappa shape index (κ1) is 17.6. The van der Waals surface area contributed by atoms with E-state index in [1.807, 2.05) is 50.2 Å². The van der Waals surface area contributed by atoms with Crippen molar-refractivity contribution in [1.82, 2.24) is 0 Å². The molecule has 0 spiro atoms. The lowest BCUT2D eigenvalue weighted by atomic mass is 10.2.